The molecule has 0 aliphatic carbocycles. The van der Waals surface area contributed by atoms with E-state index in [0.717, 1.165) is 19.4 Å². The predicted molar refractivity (Wildman–Crippen MR) is 61.1 cm³/mol. The van der Waals surface area contributed by atoms with Crippen molar-refractivity contribution in [2.75, 3.05) is 19.7 Å². The van der Waals surface area contributed by atoms with Crippen LogP contribution in [-0.2, 0) is 9.53 Å². The molecule has 1 rings (SSSR count). The van der Waals surface area contributed by atoms with Crippen LogP contribution in [0.25, 0.3) is 0 Å². The number of rotatable bonds is 5. The number of carbonyl (C=O) groups is 2. The summed E-state index contributed by atoms with van der Waals surface area (Å²) in [6.45, 7) is 6.80. The van der Waals surface area contributed by atoms with Crippen LogP contribution in [0.4, 0.5) is 4.79 Å². The van der Waals surface area contributed by atoms with E-state index in [9.17, 15) is 9.59 Å². The minimum atomic E-state index is -0.273. The number of nitrogens with zero attached hydrogens (tertiary/aromatic N) is 1. The molecular formula is C12H19NO3. The molecule has 1 aliphatic rings. The Hall–Kier alpha value is -1.32. The van der Waals surface area contributed by atoms with Crippen LogP contribution in [0.3, 0.4) is 0 Å². The molecule has 0 spiro atoms. The number of ether oxygens (including phenoxy) is 1. The van der Waals surface area contributed by atoms with Crippen molar-refractivity contribution < 1.29 is 14.3 Å². The molecule has 0 aromatic heterocycles. The molecule has 1 heterocycles. The van der Waals surface area contributed by atoms with Crippen LogP contribution < -0.4 is 0 Å². The molecule has 0 aromatic carbocycles. The number of hydrogen-bond donors (Lipinski definition) is 0. The van der Waals surface area contributed by atoms with Crippen molar-refractivity contribution in [3.05, 3.63) is 12.7 Å². The summed E-state index contributed by atoms with van der Waals surface area (Å²) >= 11 is 0. The Morgan fingerprint density at radius 3 is 2.94 bits per heavy atom. The van der Waals surface area contributed by atoms with Crippen LogP contribution in [-0.4, -0.2) is 36.5 Å². The second-order valence-corrected chi connectivity index (χ2v) is 4.21. The smallest absolute Gasteiger partial charge is 0.410 e. The molecule has 0 N–H and O–H groups in total. The van der Waals surface area contributed by atoms with Crippen LogP contribution in [0.15, 0.2) is 12.7 Å². The first-order chi connectivity index (χ1) is 7.63. The Morgan fingerprint density at radius 2 is 2.31 bits per heavy atom. The van der Waals surface area contributed by atoms with Crippen LogP contribution in [0.2, 0.25) is 0 Å². The van der Waals surface area contributed by atoms with E-state index in [1.54, 1.807) is 17.9 Å². The zero-order valence-corrected chi connectivity index (χ0v) is 9.78. The number of hydrogen-bond acceptors (Lipinski definition) is 3. The number of amides is 1. The van der Waals surface area contributed by atoms with Crippen molar-refractivity contribution in [1.82, 2.24) is 4.90 Å². The third kappa shape index (κ3) is 4.04. The number of carbonyl (C=O) groups excluding carboxylic acids is 2. The van der Waals surface area contributed by atoms with Crippen LogP contribution in [0.5, 0.6) is 0 Å². The summed E-state index contributed by atoms with van der Waals surface area (Å²) in [6, 6.07) is 0. The number of likely N-dealkylation sites (tertiary alicyclic amines) is 1. The van der Waals surface area contributed by atoms with E-state index in [4.69, 9.17) is 4.74 Å². The third-order valence-electron chi connectivity index (χ3n) is 2.77. The summed E-state index contributed by atoms with van der Waals surface area (Å²) in [5.74, 6) is 0.660. The molecule has 1 unspecified atom stereocenters. The van der Waals surface area contributed by atoms with E-state index >= 15 is 0 Å². The molecule has 0 aromatic rings. The quantitative estimate of drug-likeness (QED) is 0.672. The number of Topliss-reactive ketones (excluding diaryl/α,β-unsaturated/α-hetero) is 1. The molecule has 4 nitrogen and oxygen atoms in total. The van der Waals surface area contributed by atoms with Crippen LogP contribution in [0, 0.1) is 5.92 Å². The zero-order valence-electron chi connectivity index (χ0n) is 9.78. The van der Waals surface area contributed by atoms with Gasteiger partial charge in [-0.15, -0.1) is 0 Å². The van der Waals surface area contributed by atoms with Gasteiger partial charge >= 0.3 is 6.09 Å². The maximum absolute atomic E-state index is 11.5. The molecule has 1 amide bonds. The molecule has 0 bridgehead atoms. The highest BCUT2D eigenvalue weighted by Gasteiger charge is 2.26. The molecular weight excluding hydrogens is 206 g/mol. The van der Waals surface area contributed by atoms with Crippen molar-refractivity contribution in [1.29, 1.82) is 0 Å². The van der Waals surface area contributed by atoms with E-state index in [1.165, 1.54) is 0 Å². The monoisotopic (exact) mass is 225 g/mol. The van der Waals surface area contributed by atoms with Gasteiger partial charge in [0.15, 0.2) is 0 Å². The van der Waals surface area contributed by atoms with Gasteiger partial charge in [0.1, 0.15) is 12.4 Å². The molecule has 0 saturated carbocycles. The first-order valence-electron chi connectivity index (χ1n) is 5.65. The fourth-order valence-corrected chi connectivity index (χ4v) is 1.86. The summed E-state index contributed by atoms with van der Waals surface area (Å²) in [5.41, 5.74) is 0. The summed E-state index contributed by atoms with van der Waals surface area (Å²) in [4.78, 5) is 24.0. The van der Waals surface area contributed by atoms with E-state index in [-0.39, 0.29) is 18.5 Å². The first kappa shape index (κ1) is 12.7. The van der Waals surface area contributed by atoms with Gasteiger partial charge in [0.05, 0.1) is 0 Å². The lowest BCUT2D eigenvalue weighted by atomic mass is 10.0. The van der Waals surface area contributed by atoms with Crippen molar-refractivity contribution >= 4 is 11.9 Å². The molecule has 1 atom stereocenters. The minimum Gasteiger partial charge on any atom is -0.445 e. The third-order valence-corrected chi connectivity index (χ3v) is 2.77. The van der Waals surface area contributed by atoms with Gasteiger partial charge in [-0.3, -0.25) is 0 Å². The maximum atomic E-state index is 11.5. The summed E-state index contributed by atoms with van der Waals surface area (Å²) in [6.07, 6.45) is 3.74. The first-order valence-corrected chi connectivity index (χ1v) is 5.65. The van der Waals surface area contributed by atoms with E-state index in [0.29, 0.717) is 18.9 Å². The minimum absolute atomic E-state index is 0.215. The van der Waals surface area contributed by atoms with Gasteiger partial charge in [0.25, 0.3) is 0 Å². The second kappa shape index (κ2) is 6.30. The Labute approximate surface area is 96.3 Å². The highest BCUT2D eigenvalue weighted by Crippen LogP contribution is 2.21. The SMILES string of the molecule is C=CCOC(=O)N1CCC(CCC(C)=O)C1. The molecule has 90 valence electrons. The fraction of sp³-hybridized carbons (Fsp3) is 0.667. The number of ketones is 1. The molecule has 16 heavy (non-hydrogen) atoms. The Morgan fingerprint density at radius 1 is 1.56 bits per heavy atom. The molecule has 1 saturated heterocycles. The van der Waals surface area contributed by atoms with Gasteiger partial charge in [-0.05, 0) is 25.7 Å². The van der Waals surface area contributed by atoms with E-state index in [2.05, 4.69) is 6.58 Å². The molecule has 1 aliphatic heterocycles. The Kier molecular flexibility index (Phi) is 5.02. The van der Waals surface area contributed by atoms with Crippen molar-refractivity contribution in [2.45, 2.75) is 26.2 Å². The van der Waals surface area contributed by atoms with E-state index < -0.39 is 0 Å². The average molecular weight is 225 g/mol. The van der Waals surface area contributed by atoms with Crippen molar-refractivity contribution in [2.24, 2.45) is 5.92 Å². The lowest BCUT2D eigenvalue weighted by molar-refractivity contribution is -0.117. The lowest BCUT2D eigenvalue weighted by Crippen LogP contribution is -2.29. The zero-order chi connectivity index (χ0) is 12.0. The maximum Gasteiger partial charge on any atom is 0.410 e. The standard InChI is InChI=1S/C12H19NO3/c1-3-8-16-12(15)13-7-6-11(9-13)5-4-10(2)14/h3,11H,1,4-9H2,2H3. The summed E-state index contributed by atoms with van der Waals surface area (Å²) < 4.78 is 4.95. The van der Waals surface area contributed by atoms with E-state index in [1.807, 2.05) is 0 Å². The predicted octanol–water partition coefficient (Wildman–Crippen LogP) is 2.00. The van der Waals surface area contributed by atoms with Crippen LogP contribution >= 0.6 is 0 Å². The van der Waals surface area contributed by atoms with Gasteiger partial charge in [-0.25, -0.2) is 4.79 Å². The molecule has 1 fully saturated rings. The largest absolute Gasteiger partial charge is 0.445 e. The topological polar surface area (TPSA) is 46.6 Å². The van der Waals surface area contributed by atoms with Gasteiger partial charge in [0.2, 0.25) is 0 Å². The van der Waals surface area contributed by atoms with Gasteiger partial charge in [-0.2, -0.15) is 0 Å². The Balaban J connectivity index is 2.26. The normalized spacial score (nSPS) is 19.6. The highest BCUT2D eigenvalue weighted by molar-refractivity contribution is 5.75. The van der Waals surface area contributed by atoms with Gasteiger partial charge in [0, 0.05) is 19.5 Å². The van der Waals surface area contributed by atoms with Gasteiger partial charge < -0.3 is 14.4 Å². The molecule has 0 radical (unpaired) electrons. The molecule has 4 heteroatoms. The van der Waals surface area contributed by atoms with Crippen molar-refractivity contribution in [3.63, 3.8) is 0 Å². The lowest BCUT2D eigenvalue weighted by Gasteiger charge is -2.15. The highest BCUT2D eigenvalue weighted by atomic mass is 16.6. The van der Waals surface area contributed by atoms with Gasteiger partial charge in [-0.1, -0.05) is 12.7 Å². The van der Waals surface area contributed by atoms with Crippen LogP contribution in [0.1, 0.15) is 26.2 Å². The fourth-order valence-electron chi connectivity index (χ4n) is 1.86. The summed E-state index contributed by atoms with van der Waals surface area (Å²) in [5, 5.41) is 0. The second-order valence-electron chi connectivity index (χ2n) is 4.21. The Bertz CT molecular complexity index is 275. The van der Waals surface area contributed by atoms with Crippen molar-refractivity contribution in [3.8, 4) is 0 Å². The average Bonchev–Trinajstić information content (AvgIpc) is 2.71. The summed E-state index contributed by atoms with van der Waals surface area (Å²) in [7, 11) is 0.